The van der Waals surface area contributed by atoms with Gasteiger partial charge in [0.05, 0.1) is 6.42 Å². The van der Waals surface area contributed by atoms with Crippen LogP contribution in [0.4, 0.5) is 0 Å². The zero-order chi connectivity index (χ0) is 22.5. The Morgan fingerprint density at radius 3 is 2.71 bits per heavy atom. The number of aryl methyl sites for hydroxylation is 2. The van der Waals surface area contributed by atoms with Crippen molar-refractivity contribution in [2.75, 3.05) is 0 Å². The van der Waals surface area contributed by atoms with Gasteiger partial charge in [-0.2, -0.15) is 0 Å². The van der Waals surface area contributed by atoms with Crippen LogP contribution in [0.1, 0.15) is 45.9 Å². The highest BCUT2D eigenvalue weighted by Gasteiger charge is 2.20. The first-order valence-corrected chi connectivity index (χ1v) is 10.9. The lowest BCUT2D eigenvalue weighted by molar-refractivity contribution is -0.134. The van der Waals surface area contributed by atoms with E-state index in [1.807, 2.05) is 25.3 Å². The number of imidazole rings is 1. The monoisotopic (exact) mass is 446 g/mol. The number of hydrogen-bond acceptors (Lipinski definition) is 5. The van der Waals surface area contributed by atoms with Crippen molar-refractivity contribution in [2.24, 2.45) is 5.92 Å². The number of aromatic amines is 1. The van der Waals surface area contributed by atoms with Crippen LogP contribution in [-0.4, -0.2) is 25.1 Å². The summed E-state index contributed by atoms with van der Waals surface area (Å²) in [6.45, 7) is 7.11. The van der Waals surface area contributed by atoms with Crippen LogP contribution >= 0.6 is 11.6 Å². The predicted octanol–water partition coefficient (Wildman–Crippen LogP) is 3.53. The largest absolute Gasteiger partial charge is 0.426 e. The molecule has 0 aliphatic rings. The molecular weight excluding hydrogens is 420 g/mol. The van der Waals surface area contributed by atoms with Crippen molar-refractivity contribution in [1.29, 1.82) is 0 Å². The minimum Gasteiger partial charge on any atom is -0.426 e. The number of benzene rings is 1. The molecule has 3 rings (SSSR count). The van der Waals surface area contributed by atoms with Crippen molar-refractivity contribution in [3.8, 4) is 5.75 Å². The summed E-state index contributed by atoms with van der Waals surface area (Å²) in [6, 6.07) is 6.63. The maximum absolute atomic E-state index is 12.6. The summed E-state index contributed by atoms with van der Waals surface area (Å²) in [5, 5.41) is 0.480. The molecule has 0 amide bonds. The van der Waals surface area contributed by atoms with Crippen LogP contribution in [0.3, 0.4) is 0 Å². The molecule has 166 valence electrons. The van der Waals surface area contributed by atoms with E-state index in [9.17, 15) is 14.4 Å². The quantitative estimate of drug-likeness (QED) is 0.400. The molecule has 0 spiro atoms. The number of rotatable bonds is 9. The number of nitrogens with zero attached hydrogens (tertiary/aromatic N) is 3. The second-order valence-corrected chi connectivity index (χ2v) is 8.34. The van der Waals surface area contributed by atoms with Gasteiger partial charge in [0, 0.05) is 24.5 Å². The highest BCUT2D eigenvalue weighted by Crippen LogP contribution is 2.19. The number of halogens is 1. The Labute approximate surface area is 184 Å². The Morgan fingerprint density at radius 2 is 2.03 bits per heavy atom. The van der Waals surface area contributed by atoms with Crippen LogP contribution < -0.4 is 16.0 Å². The van der Waals surface area contributed by atoms with E-state index >= 15 is 0 Å². The fraction of sp³-hybridized carbons (Fsp3) is 0.455. The summed E-state index contributed by atoms with van der Waals surface area (Å²) in [4.78, 5) is 44.4. The van der Waals surface area contributed by atoms with Gasteiger partial charge in [0.2, 0.25) is 0 Å². The van der Waals surface area contributed by atoms with E-state index in [-0.39, 0.29) is 18.8 Å². The number of ether oxygens (including phenoxy) is 1. The SMILES string of the molecule is CCCCn1c(=O)[nH]c(=O)c2c1nc(CCC(=O)Oc1cccc(Cl)c1)n2CC(C)C. The molecule has 0 radical (unpaired) electrons. The molecule has 8 nitrogen and oxygen atoms in total. The fourth-order valence-electron chi connectivity index (χ4n) is 3.42. The van der Waals surface area contributed by atoms with E-state index in [0.717, 1.165) is 12.8 Å². The number of aromatic nitrogens is 4. The molecule has 1 N–H and O–H groups in total. The summed E-state index contributed by atoms with van der Waals surface area (Å²) in [5.41, 5.74) is -0.204. The zero-order valence-electron chi connectivity index (χ0n) is 18.0. The molecule has 0 aliphatic carbocycles. The van der Waals surface area contributed by atoms with Gasteiger partial charge >= 0.3 is 11.7 Å². The molecule has 0 fully saturated rings. The van der Waals surface area contributed by atoms with Gasteiger partial charge in [0.25, 0.3) is 5.56 Å². The maximum atomic E-state index is 12.6. The van der Waals surface area contributed by atoms with Gasteiger partial charge in [-0.15, -0.1) is 0 Å². The molecule has 0 bridgehead atoms. The average Bonchev–Trinajstić information content (AvgIpc) is 3.04. The smallest absolute Gasteiger partial charge is 0.330 e. The highest BCUT2D eigenvalue weighted by atomic mass is 35.5. The summed E-state index contributed by atoms with van der Waals surface area (Å²) in [7, 11) is 0. The Bertz CT molecular complexity index is 1190. The zero-order valence-corrected chi connectivity index (χ0v) is 18.7. The molecule has 2 heterocycles. The third-order valence-corrected chi connectivity index (χ3v) is 5.06. The molecule has 0 saturated heterocycles. The summed E-state index contributed by atoms with van der Waals surface area (Å²) in [5.74, 6) is 0.763. The van der Waals surface area contributed by atoms with Crippen molar-refractivity contribution >= 4 is 28.7 Å². The van der Waals surface area contributed by atoms with Gasteiger partial charge in [0.15, 0.2) is 11.2 Å². The third kappa shape index (κ3) is 5.44. The molecule has 9 heteroatoms. The summed E-state index contributed by atoms with van der Waals surface area (Å²) in [6.07, 6.45) is 2.05. The number of carbonyl (C=O) groups excluding carboxylic acids is 1. The first-order chi connectivity index (χ1) is 14.8. The molecule has 0 aliphatic heterocycles. The lowest BCUT2D eigenvalue weighted by Crippen LogP contribution is -2.31. The first-order valence-electron chi connectivity index (χ1n) is 10.5. The van der Waals surface area contributed by atoms with E-state index in [1.54, 1.807) is 24.3 Å². The number of hydrogen-bond donors (Lipinski definition) is 1. The Morgan fingerprint density at radius 1 is 1.26 bits per heavy atom. The number of unbranched alkanes of at least 4 members (excludes halogenated alkanes) is 1. The molecule has 1 aromatic carbocycles. The van der Waals surface area contributed by atoms with E-state index in [0.29, 0.717) is 40.8 Å². The van der Waals surface area contributed by atoms with Gasteiger partial charge in [-0.1, -0.05) is 44.9 Å². The fourth-order valence-corrected chi connectivity index (χ4v) is 3.60. The number of H-pyrrole nitrogens is 1. The number of carbonyl (C=O) groups is 1. The molecule has 3 aromatic rings. The van der Waals surface area contributed by atoms with E-state index in [1.165, 1.54) is 4.57 Å². The molecule has 0 unspecified atom stereocenters. The molecule has 0 saturated carbocycles. The van der Waals surface area contributed by atoms with E-state index in [2.05, 4.69) is 9.97 Å². The summed E-state index contributed by atoms with van der Waals surface area (Å²) < 4.78 is 8.67. The number of esters is 1. The molecule has 2 aromatic heterocycles. The third-order valence-electron chi connectivity index (χ3n) is 4.83. The van der Waals surface area contributed by atoms with Crippen LogP contribution in [0, 0.1) is 5.92 Å². The van der Waals surface area contributed by atoms with Crippen molar-refractivity contribution in [2.45, 2.75) is 59.5 Å². The second kappa shape index (κ2) is 9.96. The Balaban J connectivity index is 1.93. The topological polar surface area (TPSA) is 99.0 Å². The predicted molar refractivity (Wildman–Crippen MR) is 120 cm³/mol. The standard InChI is InChI=1S/C22H27ClN4O4/c1-4-5-11-26-20-19(21(29)25-22(26)30)27(13-14(2)3)17(24-20)9-10-18(28)31-16-8-6-7-15(23)12-16/h6-8,12,14H,4-5,9-11,13H2,1-3H3,(H,25,29,30). The van der Waals surface area contributed by atoms with Crippen molar-refractivity contribution < 1.29 is 9.53 Å². The van der Waals surface area contributed by atoms with Gasteiger partial charge in [-0.3, -0.25) is 19.1 Å². The van der Waals surface area contributed by atoms with Crippen molar-refractivity contribution in [1.82, 2.24) is 19.1 Å². The van der Waals surface area contributed by atoms with Crippen LogP contribution in [0.25, 0.3) is 11.2 Å². The van der Waals surface area contributed by atoms with Gasteiger partial charge in [-0.05, 0) is 30.5 Å². The molecular formula is C22H27ClN4O4. The highest BCUT2D eigenvalue weighted by molar-refractivity contribution is 6.30. The Kier molecular flexibility index (Phi) is 7.33. The number of fused-ring (bicyclic) bond motifs is 1. The van der Waals surface area contributed by atoms with Gasteiger partial charge in [0.1, 0.15) is 11.6 Å². The minimum atomic E-state index is -0.466. The van der Waals surface area contributed by atoms with Crippen LogP contribution in [0.2, 0.25) is 5.02 Å². The van der Waals surface area contributed by atoms with Crippen LogP contribution in [-0.2, 0) is 24.3 Å². The Hall–Kier alpha value is -2.87. The first kappa shape index (κ1) is 22.8. The van der Waals surface area contributed by atoms with Gasteiger partial charge in [-0.25, -0.2) is 9.78 Å². The maximum Gasteiger partial charge on any atom is 0.330 e. The molecule has 31 heavy (non-hydrogen) atoms. The van der Waals surface area contributed by atoms with Crippen LogP contribution in [0.15, 0.2) is 33.9 Å². The van der Waals surface area contributed by atoms with Crippen LogP contribution in [0.5, 0.6) is 5.75 Å². The minimum absolute atomic E-state index is 0.0744. The summed E-state index contributed by atoms with van der Waals surface area (Å²) >= 11 is 5.93. The number of nitrogens with one attached hydrogen (secondary N) is 1. The van der Waals surface area contributed by atoms with E-state index in [4.69, 9.17) is 16.3 Å². The molecule has 0 atom stereocenters. The van der Waals surface area contributed by atoms with Crippen molar-refractivity contribution in [3.05, 3.63) is 56.0 Å². The second-order valence-electron chi connectivity index (χ2n) is 7.90. The van der Waals surface area contributed by atoms with Gasteiger partial charge < -0.3 is 9.30 Å². The lowest BCUT2D eigenvalue weighted by atomic mass is 10.2. The van der Waals surface area contributed by atoms with E-state index < -0.39 is 17.2 Å². The lowest BCUT2D eigenvalue weighted by Gasteiger charge is -2.11. The van der Waals surface area contributed by atoms with Crippen molar-refractivity contribution in [3.63, 3.8) is 0 Å². The normalized spacial score (nSPS) is 11.4. The average molecular weight is 447 g/mol.